The largest absolute Gasteiger partial charge is 0.411 e. The summed E-state index contributed by atoms with van der Waals surface area (Å²) in [5.41, 5.74) is 0. The average Bonchev–Trinajstić information content (AvgIpc) is 1.83. The molecule has 0 fully saturated rings. The van der Waals surface area contributed by atoms with Crippen molar-refractivity contribution in [3.63, 3.8) is 0 Å². The Bertz CT molecular complexity index is 104. The number of nitrogens with one attached hydrogen (secondary N) is 1. The second kappa shape index (κ2) is 4.56. The maximum absolute atomic E-state index is 11.5. The van der Waals surface area contributed by atoms with E-state index in [4.69, 9.17) is 0 Å². The lowest BCUT2D eigenvalue weighted by Crippen LogP contribution is -2.28. The average molecular weight is 171 g/mol. The number of hydrogen-bond donors (Lipinski definition) is 1. The Morgan fingerprint density at radius 3 is 2.36 bits per heavy atom. The Hall–Kier alpha value is -0.290. The molecule has 0 aliphatic carbocycles. The lowest BCUT2D eigenvalue weighted by atomic mass is 10.4. The van der Waals surface area contributed by atoms with Crippen molar-refractivity contribution < 1.29 is 17.9 Å². The van der Waals surface area contributed by atoms with Crippen molar-refractivity contribution in [1.29, 1.82) is 0 Å². The van der Waals surface area contributed by atoms with Gasteiger partial charge < -0.3 is 10.1 Å². The van der Waals surface area contributed by atoms with Gasteiger partial charge in [-0.05, 0) is 14.0 Å². The highest BCUT2D eigenvalue weighted by Gasteiger charge is 2.28. The molecule has 0 saturated heterocycles. The number of likely N-dealkylation sites (N-methyl/N-ethyl adjacent to an activating group) is 1. The van der Waals surface area contributed by atoms with Crippen LogP contribution in [0.2, 0.25) is 0 Å². The van der Waals surface area contributed by atoms with Gasteiger partial charge >= 0.3 is 6.18 Å². The zero-order valence-corrected chi connectivity index (χ0v) is 6.53. The molecule has 0 saturated carbocycles. The van der Waals surface area contributed by atoms with Crippen LogP contribution in [0.3, 0.4) is 0 Å². The zero-order valence-electron chi connectivity index (χ0n) is 6.53. The minimum atomic E-state index is -4.22. The van der Waals surface area contributed by atoms with Gasteiger partial charge in [0, 0.05) is 6.54 Å². The van der Waals surface area contributed by atoms with Crippen molar-refractivity contribution in [2.24, 2.45) is 0 Å². The van der Waals surface area contributed by atoms with E-state index < -0.39 is 18.9 Å². The number of ether oxygens (including phenoxy) is 1. The first-order chi connectivity index (χ1) is 4.95. The van der Waals surface area contributed by atoms with Crippen molar-refractivity contribution in [1.82, 2.24) is 5.32 Å². The Balaban J connectivity index is 3.38. The van der Waals surface area contributed by atoms with Crippen LogP contribution in [0.1, 0.15) is 6.92 Å². The van der Waals surface area contributed by atoms with Gasteiger partial charge in [-0.1, -0.05) is 0 Å². The molecular formula is C6H12F3NO. The van der Waals surface area contributed by atoms with Crippen LogP contribution in [0.15, 0.2) is 0 Å². The lowest BCUT2D eigenvalue weighted by molar-refractivity contribution is -0.183. The standard InChI is InChI=1S/C6H12F3NO/c1-5(3-10-2)11-4-6(7,8)9/h5,10H,3-4H2,1-2H3. The fourth-order valence-corrected chi connectivity index (χ4v) is 0.583. The molecular weight excluding hydrogens is 159 g/mol. The first kappa shape index (κ1) is 10.7. The van der Waals surface area contributed by atoms with Crippen LogP contribution in [-0.2, 0) is 4.74 Å². The van der Waals surface area contributed by atoms with Gasteiger partial charge in [-0.15, -0.1) is 0 Å². The van der Waals surface area contributed by atoms with E-state index in [0.29, 0.717) is 6.54 Å². The van der Waals surface area contributed by atoms with Crippen LogP contribution in [-0.4, -0.2) is 32.5 Å². The van der Waals surface area contributed by atoms with Crippen LogP contribution in [0.5, 0.6) is 0 Å². The van der Waals surface area contributed by atoms with Crippen molar-refractivity contribution >= 4 is 0 Å². The van der Waals surface area contributed by atoms with Crippen LogP contribution in [0.25, 0.3) is 0 Å². The van der Waals surface area contributed by atoms with Gasteiger partial charge in [0.05, 0.1) is 6.10 Å². The molecule has 11 heavy (non-hydrogen) atoms. The summed E-state index contributed by atoms with van der Waals surface area (Å²) in [5.74, 6) is 0. The third-order valence-electron chi connectivity index (χ3n) is 1.02. The van der Waals surface area contributed by atoms with Gasteiger partial charge in [0.15, 0.2) is 0 Å². The summed E-state index contributed by atoms with van der Waals surface area (Å²) >= 11 is 0. The van der Waals surface area contributed by atoms with Crippen molar-refractivity contribution in [3.05, 3.63) is 0 Å². The van der Waals surface area contributed by atoms with E-state index in [2.05, 4.69) is 10.1 Å². The predicted octanol–water partition coefficient (Wildman–Crippen LogP) is 1.17. The van der Waals surface area contributed by atoms with Gasteiger partial charge in [0.2, 0.25) is 0 Å². The predicted molar refractivity (Wildman–Crippen MR) is 35.4 cm³/mol. The minimum Gasteiger partial charge on any atom is -0.368 e. The second-order valence-electron chi connectivity index (χ2n) is 2.29. The highest BCUT2D eigenvalue weighted by atomic mass is 19.4. The molecule has 0 radical (unpaired) electrons. The summed E-state index contributed by atoms with van der Waals surface area (Å²) < 4.78 is 39.0. The van der Waals surface area contributed by atoms with E-state index in [0.717, 1.165) is 0 Å². The third kappa shape index (κ3) is 7.61. The Kier molecular flexibility index (Phi) is 4.44. The van der Waals surface area contributed by atoms with Crippen LogP contribution < -0.4 is 5.32 Å². The molecule has 1 unspecified atom stereocenters. The van der Waals surface area contributed by atoms with E-state index in [1.807, 2.05) is 0 Å². The molecule has 0 aliphatic rings. The van der Waals surface area contributed by atoms with Crippen LogP contribution in [0.4, 0.5) is 13.2 Å². The highest BCUT2D eigenvalue weighted by molar-refractivity contribution is 4.54. The SMILES string of the molecule is CNCC(C)OCC(F)(F)F. The maximum Gasteiger partial charge on any atom is 0.411 e. The summed E-state index contributed by atoms with van der Waals surface area (Å²) in [5, 5.41) is 2.71. The summed E-state index contributed by atoms with van der Waals surface area (Å²) in [7, 11) is 1.66. The molecule has 0 bridgehead atoms. The fraction of sp³-hybridized carbons (Fsp3) is 1.00. The molecule has 0 aromatic heterocycles. The quantitative estimate of drug-likeness (QED) is 0.685. The van der Waals surface area contributed by atoms with E-state index in [9.17, 15) is 13.2 Å². The summed E-state index contributed by atoms with van der Waals surface area (Å²) in [6.07, 6.45) is -4.62. The molecule has 0 heterocycles. The van der Waals surface area contributed by atoms with E-state index in [1.54, 1.807) is 14.0 Å². The highest BCUT2D eigenvalue weighted by Crippen LogP contribution is 2.15. The van der Waals surface area contributed by atoms with Crippen molar-refractivity contribution in [2.45, 2.75) is 19.2 Å². The van der Waals surface area contributed by atoms with E-state index in [1.165, 1.54) is 0 Å². The van der Waals surface area contributed by atoms with Gasteiger partial charge in [0.1, 0.15) is 6.61 Å². The van der Waals surface area contributed by atoms with Gasteiger partial charge in [-0.25, -0.2) is 0 Å². The lowest BCUT2D eigenvalue weighted by Gasteiger charge is -2.13. The summed E-state index contributed by atoms with van der Waals surface area (Å²) in [6, 6.07) is 0. The van der Waals surface area contributed by atoms with Crippen LogP contribution in [0, 0.1) is 0 Å². The molecule has 2 nitrogen and oxygen atoms in total. The molecule has 0 spiro atoms. The molecule has 5 heteroatoms. The van der Waals surface area contributed by atoms with E-state index in [-0.39, 0.29) is 0 Å². The molecule has 0 aliphatic heterocycles. The maximum atomic E-state index is 11.5. The Morgan fingerprint density at radius 2 is 2.00 bits per heavy atom. The zero-order chi connectivity index (χ0) is 8.91. The number of halogens is 3. The molecule has 0 aromatic carbocycles. The molecule has 0 aromatic rings. The summed E-state index contributed by atoms with van der Waals surface area (Å²) in [4.78, 5) is 0. The first-order valence-electron chi connectivity index (χ1n) is 3.28. The molecule has 68 valence electrons. The number of alkyl halides is 3. The fourth-order valence-electron chi connectivity index (χ4n) is 0.583. The normalized spacial score (nSPS) is 15.0. The minimum absolute atomic E-state index is 0.401. The van der Waals surface area contributed by atoms with Crippen molar-refractivity contribution in [2.75, 3.05) is 20.2 Å². The molecule has 1 N–H and O–H groups in total. The number of hydrogen-bond acceptors (Lipinski definition) is 2. The van der Waals surface area contributed by atoms with Gasteiger partial charge in [-0.2, -0.15) is 13.2 Å². The van der Waals surface area contributed by atoms with Crippen molar-refractivity contribution in [3.8, 4) is 0 Å². The monoisotopic (exact) mass is 171 g/mol. The molecule has 1 atom stereocenters. The second-order valence-corrected chi connectivity index (χ2v) is 2.29. The first-order valence-corrected chi connectivity index (χ1v) is 3.28. The molecule has 0 amide bonds. The Morgan fingerprint density at radius 1 is 1.45 bits per heavy atom. The topological polar surface area (TPSA) is 21.3 Å². The summed E-state index contributed by atoms with van der Waals surface area (Å²) in [6.45, 7) is 0.841. The Labute approximate surface area is 63.7 Å². The number of rotatable bonds is 4. The third-order valence-corrected chi connectivity index (χ3v) is 1.02. The molecule has 0 rings (SSSR count). The van der Waals surface area contributed by atoms with Gasteiger partial charge in [-0.3, -0.25) is 0 Å². The van der Waals surface area contributed by atoms with Crippen LogP contribution >= 0.6 is 0 Å². The van der Waals surface area contributed by atoms with Gasteiger partial charge in [0.25, 0.3) is 0 Å². The van der Waals surface area contributed by atoms with E-state index >= 15 is 0 Å². The smallest absolute Gasteiger partial charge is 0.368 e.